The van der Waals surface area contributed by atoms with Gasteiger partial charge in [-0.1, -0.05) is 15.9 Å². The number of pyridine rings is 2. The van der Waals surface area contributed by atoms with Crippen LogP contribution in [0.25, 0.3) is 0 Å². The van der Waals surface area contributed by atoms with Gasteiger partial charge < -0.3 is 10.6 Å². The largest absolute Gasteiger partial charge is 0.417 e. The Labute approximate surface area is 183 Å². The van der Waals surface area contributed by atoms with Crippen molar-refractivity contribution in [1.82, 2.24) is 9.97 Å². The number of aromatic nitrogens is 2. The van der Waals surface area contributed by atoms with Crippen LogP contribution < -0.4 is 10.6 Å². The normalized spacial score (nSPS) is 10.8. The fourth-order valence-electron chi connectivity index (χ4n) is 2.43. The predicted octanol–water partition coefficient (Wildman–Crippen LogP) is 5.70. The molecule has 2 N–H and O–H groups in total. The van der Waals surface area contributed by atoms with Crippen LogP contribution in [0.2, 0.25) is 0 Å². The van der Waals surface area contributed by atoms with Crippen LogP contribution in [-0.4, -0.2) is 15.9 Å². The van der Waals surface area contributed by atoms with Crippen molar-refractivity contribution in [1.29, 1.82) is 0 Å². The second-order valence-corrected chi connectivity index (χ2v) is 6.61. The summed E-state index contributed by atoms with van der Waals surface area (Å²) in [6, 6.07) is 10.3. The predicted molar refractivity (Wildman–Crippen MR) is 113 cm³/mol. The summed E-state index contributed by atoms with van der Waals surface area (Å²) in [5.74, 6) is -0.245. The molecular formula is C19H15Br2F3N4O. The lowest BCUT2D eigenvalue weighted by Crippen LogP contribution is -2.16. The molecular weight excluding hydrogens is 517 g/mol. The molecule has 3 rings (SSSR count). The zero-order valence-electron chi connectivity index (χ0n) is 14.7. The van der Waals surface area contributed by atoms with Crippen molar-refractivity contribution in [3.05, 3.63) is 82.2 Å². The number of benzene rings is 1. The van der Waals surface area contributed by atoms with Crippen LogP contribution in [0.5, 0.6) is 0 Å². The number of nitrogens with zero attached hydrogens (tertiary/aromatic N) is 2. The molecule has 0 saturated carbocycles. The molecule has 0 aliphatic rings. The number of nitrogens with one attached hydrogen (secondary N) is 2. The molecule has 0 unspecified atom stereocenters. The minimum atomic E-state index is -4.54. The zero-order chi connectivity index (χ0) is 20.1. The fourth-order valence-corrected chi connectivity index (χ4v) is 2.91. The summed E-state index contributed by atoms with van der Waals surface area (Å²) in [5, 5.41) is 5.54. The van der Waals surface area contributed by atoms with Gasteiger partial charge in [0.25, 0.3) is 5.91 Å². The molecule has 0 aliphatic carbocycles. The van der Waals surface area contributed by atoms with E-state index in [0.29, 0.717) is 12.4 Å². The molecule has 0 radical (unpaired) electrons. The van der Waals surface area contributed by atoms with Gasteiger partial charge in [0.2, 0.25) is 0 Å². The Morgan fingerprint density at radius 2 is 1.79 bits per heavy atom. The number of carbonyl (C=O) groups is 1. The van der Waals surface area contributed by atoms with Crippen molar-refractivity contribution in [3.8, 4) is 0 Å². The number of rotatable bonds is 5. The van der Waals surface area contributed by atoms with Gasteiger partial charge >= 0.3 is 6.18 Å². The first kappa shape index (κ1) is 22.8. The second kappa shape index (κ2) is 9.84. The van der Waals surface area contributed by atoms with E-state index in [1.807, 2.05) is 12.1 Å². The molecule has 5 nitrogen and oxygen atoms in total. The van der Waals surface area contributed by atoms with Crippen LogP contribution in [0.3, 0.4) is 0 Å². The van der Waals surface area contributed by atoms with E-state index in [1.165, 1.54) is 18.3 Å². The molecule has 29 heavy (non-hydrogen) atoms. The number of anilines is 2. The monoisotopic (exact) mass is 530 g/mol. The average Bonchev–Trinajstić information content (AvgIpc) is 2.68. The van der Waals surface area contributed by atoms with Gasteiger partial charge in [0.1, 0.15) is 5.82 Å². The molecule has 0 aliphatic heterocycles. The highest BCUT2D eigenvalue weighted by Crippen LogP contribution is 2.36. The molecule has 152 valence electrons. The Hall–Kier alpha value is -2.46. The summed E-state index contributed by atoms with van der Waals surface area (Å²) < 4.78 is 39.0. The van der Waals surface area contributed by atoms with Crippen LogP contribution in [0, 0.1) is 0 Å². The molecule has 10 heteroatoms. The highest BCUT2D eigenvalue weighted by atomic mass is 79.9. The smallest absolute Gasteiger partial charge is 0.365 e. The van der Waals surface area contributed by atoms with Crippen LogP contribution >= 0.6 is 32.9 Å². The van der Waals surface area contributed by atoms with E-state index >= 15 is 0 Å². The lowest BCUT2D eigenvalue weighted by molar-refractivity contribution is -0.138. The molecule has 0 bridgehead atoms. The van der Waals surface area contributed by atoms with Gasteiger partial charge in [0.05, 0.1) is 11.1 Å². The highest BCUT2D eigenvalue weighted by Gasteiger charge is 2.33. The van der Waals surface area contributed by atoms with E-state index in [1.54, 1.807) is 24.5 Å². The number of carbonyl (C=O) groups excluding carboxylic acids is 1. The van der Waals surface area contributed by atoms with E-state index in [0.717, 1.165) is 11.6 Å². The number of hydrogen-bond acceptors (Lipinski definition) is 4. The van der Waals surface area contributed by atoms with Crippen molar-refractivity contribution < 1.29 is 18.0 Å². The van der Waals surface area contributed by atoms with E-state index in [4.69, 9.17) is 0 Å². The molecule has 3 aromatic rings. The van der Waals surface area contributed by atoms with Crippen LogP contribution in [0.15, 0.2) is 65.5 Å². The Bertz CT molecular complexity index is 985. The minimum absolute atomic E-state index is 0. The molecule has 0 fully saturated rings. The molecule has 1 amide bonds. The Morgan fingerprint density at radius 1 is 1.07 bits per heavy atom. The third-order valence-electron chi connectivity index (χ3n) is 3.79. The quantitative estimate of drug-likeness (QED) is 0.443. The van der Waals surface area contributed by atoms with Crippen molar-refractivity contribution in [3.63, 3.8) is 0 Å². The number of halogens is 5. The van der Waals surface area contributed by atoms with Crippen molar-refractivity contribution in [2.45, 2.75) is 12.7 Å². The third kappa shape index (κ3) is 6.01. The summed E-state index contributed by atoms with van der Waals surface area (Å²) in [5.41, 5.74) is 0.319. The Morgan fingerprint density at radius 3 is 2.48 bits per heavy atom. The van der Waals surface area contributed by atoms with Crippen molar-refractivity contribution in [2.75, 3.05) is 10.6 Å². The van der Waals surface area contributed by atoms with Gasteiger partial charge in [-0.05, 0) is 48.0 Å². The zero-order valence-corrected chi connectivity index (χ0v) is 18.0. The standard InChI is InChI=1S/C19H14BrF3N4O.BrH/c20-16-4-3-13(10-15(16)19(21,22)23)27-18(28)14-2-1-7-25-17(14)26-11-12-5-8-24-9-6-12;/h1-10H,11H2,(H,25,26)(H,27,28);1H. The summed E-state index contributed by atoms with van der Waals surface area (Å²) >= 11 is 2.87. The molecule has 0 saturated heterocycles. The van der Waals surface area contributed by atoms with Gasteiger partial charge in [-0.15, -0.1) is 17.0 Å². The van der Waals surface area contributed by atoms with E-state index < -0.39 is 17.6 Å². The first-order valence-electron chi connectivity index (χ1n) is 8.10. The van der Waals surface area contributed by atoms with Gasteiger partial charge in [0, 0.05) is 35.3 Å². The first-order valence-corrected chi connectivity index (χ1v) is 8.90. The highest BCUT2D eigenvalue weighted by molar-refractivity contribution is 9.10. The van der Waals surface area contributed by atoms with Gasteiger partial charge in [0.15, 0.2) is 0 Å². The van der Waals surface area contributed by atoms with Gasteiger partial charge in [-0.25, -0.2) is 4.98 Å². The summed E-state index contributed by atoms with van der Waals surface area (Å²) in [4.78, 5) is 20.7. The average molecular weight is 532 g/mol. The molecule has 0 atom stereocenters. The number of alkyl halides is 3. The summed E-state index contributed by atoms with van der Waals surface area (Å²) in [7, 11) is 0. The summed E-state index contributed by atoms with van der Waals surface area (Å²) in [6.45, 7) is 0.413. The fraction of sp³-hybridized carbons (Fsp3) is 0.105. The van der Waals surface area contributed by atoms with E-state index in [2.05, 4.69) is 36.5 Å². The maximum Gasteiger partial charge on any atom is 0.417 e. The van der Waals surface area contributed by atoms with Crippen molar-refractivity contribution >= 4 is 50.3 Å². The second-order valence-electron chi connectivity index (χ2n) is 5.76. The SMILES string of the molecule is Br.O=C(Nc1ccc(Br)c(C(F)(F)F)c1)c1cccnc1NCc1ccncc1. The molecule has 2 aromatic heterocycles. The van der Waals surface area contributed by atoms with E-state index in [9.17, 15) is 18.0 Å². The number of amides is 1. The van der Waals surface area contributed by atoms with E-state index in [-0.39, 0.29) is 32.7 Å². The van der Waals surface area contributed by atoms with Gasteiger partial charge in [-0.2, -0.15) is 13.2 Å². The molecule has 2 heterocycles. The minimum Gasteiger partial charge on any atom is -0.365 e. The van der Waals surface area contributed by atoms with Crippen molar-refractivity contribution in [2.24, 2.45) is 0 Å². The van der Waals surface area contributed by atoms with Crippen LogP contribution in [-0.2, 0) is 12.7 Å². The lowest BCUT2D eigenvalue weighted by atomic mass is 10.1. The summed E-state index contributed by atoms with van der Waals surface area (Å²) in [6.07, 6.45) is 0.280. The van der Waals surface area contributed by atoms with Crippen LogP contribution in [0.4, 0.5) is 24.7 Å². The van der Waals surface area contributed by atoms with Crippen LogP contribution in [0.1, 0.15) is 21.5 Å². The maximum absolute atomic E-state index is 13.0. The molecule has 1 aromatic carbocycles. The Balaban J connectivity index is 0.00000300. The first-order chi connectivity index (χ1) is 13.3. The van der Waals surface area contributed by atoms with Gasteiger partial charge in [-0.3, -0.25) is 9.78 Å². The third-order valence-corrected chi connectivity index (χ3v) is 4.48. The number of hydrogen-bond donors (Lipinski definition) is 2. The molecule has 0 spiro atoms. The maximum atomic E-state index is 13.0. The topological polar surface area (TPSA) is 66.9 Å². The Kier molecular flexibility index (Phi) is 7.74. The lowest BCUT2D eigenvalue weighted by Gasteiger charge is -2.13.